The Morgan fingerprint density at radius 2 is 2.08 bits per heavy atom. The van der Waals surface area contributed by atoms with Crippen LogP contribution in [-0.2, 0) is 11.2 Å². The Morgan fingerprint density at radius 1 is 1.20 bits per heavy atom. The number of aromatic nitrogens is 4. The lowest BCUT2D eigenvalue weighted by molar-refractivity contribution is -0.118. The van der Waals surface area contributed by atoms with Crippen LogP contribution in [0, 0.1) is 6.92 Å². The quantitative estimate of drug-likeness (QED) is 0.695. The van der Waals surface area contributed by atoms with Gasteiger partial charge in [-0.3, -0.25) is 14.8 Å². The zero-order valence-electron chi connectivity index (χ0n) is 14.5. The summed E-state index contributed by atoms with van der Waals surface area (Å²) in [6.07, 6.45) is 9.15. The molecular weight excluding hydrogens is 314 g/mol. The van der Waals surface area contributed by atoms with E-state index >= 15 is 0 Å². The van der Waals surface area contributed by atoms with Crippen molar-refractivity contribution in [2.45, 2.75) is 26.2 Å². The maximum atomic E-state index is 12.5. The molecule has 1 amide bonds. The van der Waals surface area contributed by atoms with Crippen molar-refractivity contribution in [1.82, 2.24) is 19.7 Å². The molecular formula is C19H21N5O. The highest BCUT2D eigenvalue weighted by Gasteiger charge is 2.16. The number of carbonyl (C=O) groups is 1. The van der Waals surface area contributed by atoms with Crippen LogP contribution in [0.2, 0.25) is 0 Å². The molecule has 3 rings (SSSR count). The van der Waals surface area contributed by atoms with E-state index in [0.717, 1.165) is 35.6 Å². The molecule has 0 saturated carbocycles. The third kappa shape index (κ3) is 4.09. The van der Waals surface area contributed by atoms with Crippen LogP contribution in [0.1, 0.15) is 24.2 Å². The van der Waals surface area contributed by atoms with Crippen LogP contribution < -0.4 is 4.90 Å². The van der Waals surface area contributed by atoms with E-state index in [0.29, 0.717) is 6.42 Å². The van der Waals surface area contributed by atoms with Crippen molar-refractivity contribution in [3.05, 3.63) is 66.5 Å². The fourth-order valence-corrected chi connectivity index (χ4v) is 2.67. The molecule has 3 aromatic heterocycles. The number of pyridine rings is 2. The van der Waals surface area contributed by atoms with Crippen LogP contribution in [0.4, 0.5) is 5.69 Å². The van der Waals surface area contributed by atoms with Crippen LogP contribution in [0.3, 0.4) is 0 Å². The van der Waals surface area contributed by atoms with Crippen LogP contribution >= 0.6 is 0 Å². The van der Waals surface area contributed by atoms with Gasteiger partial charge in [-0.1, -0.05) is 6.07 Å². The highest BCUT2D eigenvalue weighted by molar-refractivity contribution is 5.93. The van der Waals surface area contributed by atoms with Gasteiger partial charge in [-0.05, 0) is 44.0 Å². The summed E-state index contributed by atoms with van der Waals surface area (Å²) in [4.78, 5) is 22.5. The van der Waals surface area contributed by atoms with Gasteiger partial charge in [0.05, 0.1) is 29.5 Å². The van der Waals surface area contributed by atoms with Gasteiger partial charge in [0, 0.05) is 31.6 Å². The van der Waals surface area contributed by atoms with Gasteiger partial charge in [0.1, 0.15) is 0 Å². The molecule has 0 unspecified atom stereocenters. The van der Waals surface area contributed by atoms with Gasteiger partial charge in [0.15, 0.2) is 0 Å². The first-order valence-electron chi connectivity index (χ1n) is 8.28. The number of anilines is 1. The maximum absolute atomic E-state index is 12.5. The normalized spacial score (nSPS) is 10.6. The Labute approximate surface area is 147 Å². The minimum Gasteiger partial charge on any atom is -0.312 e. The van der Waals surface area contributed by atoms with Crippen molar-refractivity contribution >= 4 is 11.6 Å². The van der Waals surface area contributed by atoms with Gasteiger partial charge in [-0.25, -0.2) is 4.68 Å². The third-order valence-corrected chi connectivity index (χ3v) is 4.07. The zero-order chi connectivity index (χ0) is 17.6. The fourth-order valence-electron chi connectivity index (χ4n) is 2.67. The van der Waals surface area contributed by atoms with E-state index < -0.39 is 0 Å². The fraction of sp³-hybridized carbons (Fsp3) is 0.263. The smallest absolute Gasteiger partial charge is 0.226 e. The molecule has 6 heteroatoms. The van der Waals surface area contributed by atoms with Crippen molar-refractivity contribution in [2.75, 3.05) is 11.9 Å². The molecule has 0 atom stereocenters. The first-order valence-corrected chi connectivity index (χ1v) is 8.28. The van der Waals surface area contributed by atoms with Gasteiger partial charge in [0.2, 0.25) is 5.91 Å². The molecule has 128 valence electrons. The summed E-state index contributed by atoms with van der Waals surface area (Å²) >= 11 is 0. The first-order chi connectivity index (χ1) is 12.1. The number of hydrogen-bond acceptors (Lipinski definition) is 4. The average Bonchev–Trinajstić information content (AvgIpc) is 3.04. The minimum absolute atomic E-state index is 0.0739. The highest BCUT2D eigenvalue weighted by atomic mass is 16.2. The molecule has 0 aliphatic rings. The minimum atomic E-state index is 0.0739. The SMILES string of the molecule is Cc1nn(-c2cccnc2)cc1N(C)C(=O)CCCc1ccccn1. The monoisotopic (exact) mass is 335 g/mol. The number of hydrogen-bond donors (Lipinski definition) is 0. The number of carbonyl (C=O) groups excluding carboxylic acids is 1. The van der Waals surface area contributed by atoms with Gasteiger partial charge in [-0.2, -0.15) is 5.10 Å². The molecule has 6 nitrogen and oxygen atoms in total. The standard InChI is InChI=1S/C19H21N5O/c1-15-18(14-24(22-15)17-9-6-11-20-13-17)23(2)19(25)10-5-8-16-7-3-4-12-21-16/h3-4,6-7,9,11-14H,5,8,10H2,1-2H3. The summed E-state index contributed by atoms with van der Waals surface area (Å²) in [6, 6.07) is 9.63. The summed E-state index contributed by atoms with van der Waals surface area (Å²) in [5, 5.41) is 4.49. The second kappa shape index (κ2) is 7.70. The van der Waals surface area contributed by atoms with Crippen molar-refractivity contribution in [3.63, 3.8) is 0 Å². The van der Waals surface area contributed by atoms with E-state index in [9.17, 15) is 4.79 Å². The second-order valence-corrected chi connectivity index (χ2v) is 5.88. The van der Waals surface area contributed by atoms with E-state index in [4.69, 9.17) is 0 Å². The van der Waals surface area contributed by atoms with Gasteiger partial charge >= 0.3 is 0 Å². The predicted octanol–water partition coefficient (Wildman–Crippen LogP) is 2.96. The molecule has 0 fully saturated rings. The number of nitrogens with zero attached hydrogens (tertiary/aromatic N) is 5. The van der Waals surface area contributed by atoms with E-state index in [1.807, 2.05) is 43.5 Å². The molecule has 3 heterocycles. The van der Waals surface area contributed by atoms with E-state index in [2.05, 4.69) is 15.1 Å². The average molecular weight is 335 g/mol. The molecule has 0 bridgehead atoms. The van der Waals surface area contributed by atoms with E-state index in [1.165, 1.54) is 0 Å². The molecule has 0 aliphatic carbocycles. The van der Waals surface area contributed by atoms with E-state index in [-0.39, 0.29) is 5.91 Å². The number of amides is 1. The topological polar surface area (TPSA) is 63.9 Å². The Kier molecular flexibility index (Phi) is 5.18. The Hall–Kier alpha value is -3.02. The Bertz CT molecular complexity index is 830. The van der Waals surface area contributed by atoms with E-state index in [1.54, 1.807) is 35.2 Å². The summed E-state index contributed by atoms with van der Waals surface area (Å²) in [7, 11) is 1.79. The first kappa shape index (κ1) is 16.8. The van der Waals surface area contributed by atoms with Crippen LogP contribution in [-0.4, -0.2) is 32.7 Å². The largest absolute Gasteiger partial charge is 0.312 e. The van der Waals surface area contributed by atoms with Crippen molar-refractivity contribution in [3.8, 4) is 5.69 Å². The summed E-state index contributed by atoms with van der Waals surface area (Å²) in [5.74, 6) is 0.0739. The number of rotatable bonds is 6. The van der Waals surface area contributed by atoms with Crippen LogP contribution in [0.5, 0.6) is 0 Å². The predicted molar refractivity (Wildman–Crippen MR) is 96.7 cm³/mol. The molecule has 0 N–H and O–H groups in total. The maximum Gasteiger partial charge on any atom is 0.226 e. The number of aryl methyl sites for hydroxylation is 2. The second-order valence-electron chi connectivity index (χ2n) is 5.88. The van der Waals surface area contributed by atoms with Gasteiger partial charge in [0.25, 0.3) is 0 Å². The van der Waals surface area contributed by atoms with Crippen molar-refractivity contribution < 1.29 is 4.79 Å². The highest BCUT2D eigenvalue weighted by Crippen LogP contribution is 2.20. The summed E-state index contributed by atoms with van der Waals surface area (Å²) < 4.78 is 1.75. The van der Waals surface area contributed by atoms with Crippen LogP contribution in [0.25, 0.3) is 5.69 Å². The third-order valence-electron chi connectivity index (χ3n) is 4.07. The molecule has 0 saturated heterocycles. The molecule has 0 aliphatic heterocycles. The zero-order valence-corrected chi connectivity index (χ0v) is 14.5. The lowest BCUT2D eigenvalue weighted by Crippen LogP contribution is -2.26. The van der Waals surface area contributed by atoms with Gasteiger partial charge < -0.3 is 4.90 Å². The molecule has 0 spiro atoms. The molecule has 25 heavy (non-hydrogen) atoms. The molecule has 0 radical (unpaired) electrons. The Morgan fingerprint density at radius 3 is 2.80 bits per heavy atom. The molecule has 3 aromatic rings. The van der Waals surface area contributed by atoms with Crippen molar-refractivity contribution in [2.24, 2.45) is 0 Å². The van der Waals surface area contributed by atoms with Crippen molar-refractivity contribution in [1.29, 1.82) is 0 Å². The summed E-state index contributed by atoms with van der Waals surface area (Å²) in [5.41, 5.74) is 3.50. The van der Waals surface area contributed by atoms with Gasteiger partial charge in [-0.15, -0.1) is 0 Å². The Balaban J connectivity index is 1.63. The van der Waals surface area contributed by atoms with Crippen LogP contribution in [0.15, 0.2) is 55.1 Å². The lowest BCUT2D eigenvalue weighted by Gasteiger charge is -2.16. The lowest BCUT2D eigenvalue weighted by atomic mass is 10.1. The summed E-state index contributed by atoms with van der Waals surface area (Å²) in [6.45, 7) is 1.90. The molecule has 0 aromatic carbocycles.